The summed E-state index contributed by atoms with van der Waals surface area (Å²) in [5, 5.41) is 14.3. The van der Waals surface area contributed by atoms with E-state index in [0.717, 1.165) is 39.0 Å². The van der Waals surface area contributed by atoms with E-state index in [1.54, 1.807) is 13.1 Å². The molecule has 0 aromatic carbocycles. The van der Waals surface area contributed by atoms with Gasteiger partial charge in [-0.05, 0) is 55.2 Å². The normalized spacial score (nSPS) is 21.0. The molecule has 2 aliphatic rings. The minimum atomic E-state index is -0.461. The van der Waals surface area contributed by atoms with Crippen molar-refractivity contribution in [3.05, 3.63) is 27.9 Å². The number of aromatic nitrogens is 1. The highest BCUT2D eigenvalue weighted by molar-refractivity contribution is 5.93. The Balaban J connectivity index is 1.68. The summed E-state index contributed by atoms with van der Waals surface area (Å²) >= 11 is 0. The monoisotopic (exact) mass is 306 g/mol. The second-order valence-electron chi connectivity index (χ2n) is 6.44. The number of hydrogen-bond donors (Lipinski definition) is 1. The van der Waals surface area contributed by atoms with Gasteiger partial charge in [-0.15, -0.1) is 0 Å². The van der Waals surface area contributed by atoms with Crippen LogP contribution in [-0.2, 0) is 7.05 Å². The maximum atomic E-state index is 12.6. The SMILES string of the molecule is Cn1c(C(=O)N2CCC3(CCNCC3)CC2)ccc1[N+](=O)[O-]. The van der Waals surface area contributed by atoms with Crippen LogP contribution in [0.3, 0.4) is 0 Å². The Hall–Kier alpha value is -1.89. The third kappa shape index (κ3) is 2.61. The molecule has 1 aromatic heterocycles. The molecule has 0 aliphatic carbocycles. The summed E-state index contributed by atoms with van der Waals surface area (Å²) in [4.78, 5) is 24.9. The molecule has 3 heterocycles. The summed E-state index contributed by atoms with van der Waals surface area (Å²) in [7, 11) is 1.57. The lowest BCUT2D eigenvalue weighted by Crippen LogP contribution is -2.47. The number of nitrogens with one attached hydrogen (secondary N) is 1. The number of carbonyl (C=O) groups excluding carboxylic acids is 1. The number of piperidine rings is 2. The van der Waals surface area contributed by atoms with Gasteiger partial charge in [0.1, 0.15) is 0 Å². The van der Waals surface area contributed by atoms with Crippen molar-refractivity contribution in [2.75, 3.05) is 26.2 Å². The Morgan fingerprint density at radius 2 is 1.86 bits per heavy atom. The van der Waals surface area contributed by atoms with Gasteiger partial charge in [-0.2, -0.15) is 0 Å². The van der Waals surface area contributed by atoms with E-state index < -0.39 is 4.92 Å². The predicted molar refractivity (Wildman–Crippen MR) is 81.7 cm³/mol. The number of nitrogens with zero attached hydrogens (tertiary/aromatic N) is 3. The molecular formula is C15H22N4O3. The largest absolute Gasteiger partial charge is 0.358 e. The highest BCUT2D eigenvalue weighted by atomic mass is 16.6. The summed E-state index contributed by atoms with van der Waals surface area (Å²) in [6, 6.07) is 2.95. The van der Waals surface area contributed by atoms with Crippen LogP contribution in [0.1, 0.15) is 36.2 Å². The van der Waals surface area contributed by atoms with Crippen LogP contribution in [0.25, 0.3) is 0 Å². The van der Waals surface area contributed by atoms with Crippen LogP contribution in [0.5, 0.6) is 0 Å². The minimum Gasteiger partial charge on any atom is -0.358 e. The zero-order valence-corrected chi connectivity index (χ0v) is 12.9. The molecule has 7 heteroatoms. The lowest BCUT2D eigenvalue weighted by atomic mass is 9.71. The van der Waals surface area contributed by atoms with Gasteiger partial charge in [-0.25, -0.2) is 4.57 Å². The lowest BCUT2D eigenvalue weighted by molar-refractivity contribution is -0.391. The summed E-state index contributed by atoms with van der Waals surface area (Å²) in [6.07, 6.45) is 4.44. The average molecular weight is 306 g/mol. The van der Waals surface area contributed by atoms with Crippen LogP contribution in [0.4, 0.5) is 5.82 Å². The van der Waals surface area contributed by atoms with Crippen molar-refractivity contribution >= 4 is 11.7 Å². The van der Waals surface area contributed by atoms with Gasteiger partial charge >= 0.3 is 5.82 Å². The smallest absolute Gasteiger partial charge is 0.323 e. The Labute approximate surface area is 129 Å². The van der Waals surface area contributed by atoms with Crippen LogP contribution in [0, 0.1) is 15.5 Å². The van der Waals surface area contributed by atoms with Gasteiger partial charge in [0.2, 0.25) is 0 Å². The molecule has 2 fully saturated rings. The molecule has 0 saturated carbocycles. The van der Waals surface area contributed by atoms with Gasteiger partial charge < -0.3 is 20.3 Å². The summed E-state index contributed by atoms with van der Waals surface area (Å²) in [5.41, 5.74) is 0.787. The summed E-state index contributed by atoms with van der Waals surface area (Å²) in [5.74, 6) is -0.144. The Morgan fingerprint density at radius 1 is 1.23 bits per heavy atom. The molecule has 1 N–H and O–H groups in total. The van der Waals surface area contributed by atoms with Gasteiger partial charge in [0, 0.05) is 19.2 Å². The Bertz CT molecular complexity index is 580. The van der Waals surface area contributed by atoms with Crippen molar-refractivity contribution in [2.24, 2.45) is 12.5 Å². The van der Waals surface area contributed by atoms with Crippen molar-refractivity contribution in [1.82, 2.24) is 14.8 Å². The van der Waals surface area contributed by atoms with E-state index in [1.165, 1.54) is 23.5 Å². The minimum absolute atomic E-state index is 0.0461. The fourth-order valence-corrected chi connectivity index (χ4v) is 3.70. The predicted octanol–water partition coefficient (Wildman–Crippen LogP) is 1.54. The molecule has 1 amide bonds. The number of carbonyl (C=O) groups is 1. The van der Waals surface area contributed by atoms with E-state index in [0.29, 0.717) is 11.1 Å². The van der Waals surface area contributed by atoms with Gasteiger partial charge in [0.25, 0.3) is 5.91 Å². The molecule has 22 heavy (non-hydrogen) atoms. The Morgan fingerprint density at radius 3 is 2.41 bits per heavy atom. The molecule has 1 spiro atoms. The second-order valence-corrected chi connectivity index (χ2v) is 6.44. The van der Waals surface area contributed by atoms with E-state index in [1.807, 2.05) is 4.90 Å². The number of rotatable bonds is 2. The summed E-state index contributed by atoms with van der Waals surface area (Å²) in [6.45, 7) is 3.63. The number of amides is 1. The molecule has 0 radical (unpaired) electrons. The first kappa shape index (κ1) is 15.0. The van der Waals surface area contributed by atoms with E-state index in [4.69, 9.17) is 0 Å². The first-order chi connectivity index (χ1) is 10.5. The maximum absolute atomic E-state index is 12.6. The summed E-state index contributed by atoms with van der Waals surface area (Å²) < 4.78 is 1.37. The van der Waals surface area contributed by atoms with Gasteiger partial charge in [-0.1, -0.05) is 0 Å². The van der Waals surface area contributed by atoms with Crippen molar-refractivity contribution in [2.45, 2.75) is 25.7 Å². The van der Waals surface area contributed by atoms with Crippen LogP contribution in [0.2, 0.25) is 0 Å². The number of nitro groups is 1. The maximum Gasteiger partial charge on any atom is 0.323 e. The molecule has 0 bridgehead atoms. The van der Waals surface area contributed by atoms with Gasteiger partial charge in [-0.3, -0.25) is 4.79 Å². The fourth-order valence-electron chi connectivity index (χ4n) is 3.70. The van der Waals surface area contributed by atoms with E-state index in [9.17, 15) is 14.9 Å². The van der Waals surface area contributed by atoms with Crippen molar-refractivity contribution in [3.8, 4) is 0 Å². The third-order valence-corrected chi connectivity index (χ3v) is 5.28. The second kappa shape index (κ2) is 5.72. The Kier molecular flexibility index (Phi) is 3.90. The van der Waals surface area contributed by atoms with Crippen LogP contribution >= 0.6 is 0 Å². The standard InChI is InChI=1S/C15H22N4O3/c1-17-12(2-3-13(17)19(21)22)14(20)18-10-6-15(7-11-18)4-8-16-9-5-15/h2-3,16H,4-11H2,1H3. The highest BCUT2D eigenvalue weighted by Crippen LogP contribution is 2.39. The first-order valence-electron chi connectivity index (χ1n) is 7.83. The third-order valence-electron chi connectivity index (χ3n) is 5.28. The topological polar surface area (TPSA) is 80.4 Å². The van der Waals surface area contributed by atoms with Crippen LogP contribution in [-0.4, -0.2) is 46.5 Å². The molecule has 1 aromatic rings. The van der Waals surface area contributed by atoms with Gasteiger partial charge in [0.05, 0.1) is 7.05 Å². The molecule has 7 nitrogen and oxygen atoms in total. The zero-order chi connectivity index (χ0) is 15.7. The first-order valence-corrected chi connectivity index (χ1v) is 7.83. The molecule has 3 rings (SSSR count). The van der Waals surface area contributed by atoms with Crippen LogP contribution < -0.4 is 5.32 Å². The molecule has 120 valence electrons. The van der Waals surface area contributed by atoms with Crippen LogP contribution in [0.15, 0.2) is 12.1 Å². The highest BCUT2D eigenvalue weighted by Gasteiger charge is 2.37. The van der Waals surface area contributed by atoms with Crippen molar-refractivity contribution in [3.63, 3.8) is 0 Å². The van der Waals surface area contributed by atoms with Crippen molar-refractivity contribution < 1.29 is 9.72 Å². The molecular weight excluding hydrogens is 284 g/mol. The lowest BCUT2D eigenvalue weighted by Gasteiger charge is -2.44. The molecule has 2 saturated heterocycles. The van der Waals surface area contributed by atoms with Gasteiger partial charge in [0.15, 0.2) is 5.69 Å². The van der Waals surface area contributed by atoms with E-state index in [2.05, 4.69) is 5.32 Å². The van der Waals surface area contributed by atoms with Crippen molar-refractivity contribution in [1.29, 1.82) is 0 Å². The number of likely N-dealkylation sites (tertiary alicyclic amines) is 1. The van der Waals surface area contributed by atoms with E-state index >= 15 is 0 Å². The molecule has 0 atom stereocenters. The average Bonchev–Trinajstić information content (AvgIpc) is 2.90. The molecule has 0 unspecified atom stereocenters. The number of hydrogen-bond acceptors (Lipinski definition) is 4. The van der Waals surface area contributed by atoms with E-state index in [-0.39, 0.29) is 11.7 Å². The molecule has 2 aliphatic heterocycles. The fraction of sp³-hybridized carbons (Fsp3) is 0.667. The zero-order valence-electron chi connectivity index (χ0n) is 12.9. The quantitative estimate of drug-likeness (QED) is 0.664.